The summed E-state index contributed by atoms with van der Waals surface area (Å²) in [4.78, 5) is 6.70. The van der Waals surface area contributed by atoms with Gasteiger partial charge in [-0.25, -0.2) is 0 Å². The molecule has 0 bridgehead atoms. The van der Waals surface area contributed by atoms with Crippen LogP contribution in [0.5, 0.6) is 0 Å². The molecular weight excluding hydrogens is 368 g/mol. The molecule has 0 radical (unpaired) electrons. The lowest BCUT2D eigenvalue weighted by Gasteiger charge is -2.31. The zero-order chi connectivity index (χ0) is 21.3. The Bertz CT molecular complexity index is 1210. The van der Waals surface area contributed by atoms with Crippen LogP contribution in [-0.2, 0) is 0 Å². The van der Waals surface area contributed by atoms with Crippen LogP contribution >= 0.6 is 0 Å². The molecule has 0 fully saturated rings. The van der Waals surface area contributed by atoms with Crippen molar-refractivity contribution in [2.24, 2.45) is 5.92 Å². The van der Waals surface area contributed by atoms with E-state index in [4.69, 9.17) is 0 Å². The van der Waals surface area contributed by atoms with Gasteiger partial charge in [-0.15, -0.1) is 0 Å². The first-order chi connectivity index (χ1) is 14.5. The quantitative estimate of drug-likeness (QED) is 0.420. The van der Waals surface area contributed by atoms with Gasteiger partial charge in [0.15, 0.2) is 0 Å². The number of nitriles is 1. The molecule has 4 rings (SSSR count). The van der Waals surface area contributed by atoms with Gasteiger partial charge in [0, 0.05) is 34.5 Å². The highest BCUT2D eigenvalue weighted by atomic mass is 15.3. The smallest absolute Gasteiger partial charge is 0.130 e. The minimum absolute atomic E-state index is 0.0727. The van der Waals surface area contributed by atoms with Crippen molar-refractivity contribution in [3.8, 4) is 28.3 Å². The number of nitrogens with zero attached hydrogens (tertiary/aromatic N) is 4. The van der Waals surface area contributed by atoms with E-state index < -0.39 is 0 Å². The lowest BCUT2D eigenvalue weighted by atomic mass is 10.00. The van der Waals surface area contributed by atoms with Gasteiger partial charge in [0.25, 0.3) is 0 Å². The third kappa shape index (κ3) is 3.38. The molecule has 4 nitrogen and oxygen atoms in total. The molecule has 0 aliphatic carbocycles. The van der Waals surface area contributed by atoms with Gasteiger partial charge in [-0.05, 0) is 37.7 Å². The Kier molecular flexibility index (Phi) is 5.39. The highest BCUT2D eigenvalue weighted by Gasteiger charge is 2.27. The fourth-order valence-corrected chi connectivity index (χ4v) is 4.43. The van der Waals surface area contributed by atoms with Crippen LogP contribution in [0.15, 0.2) is 73.1 Å². The zero-order valence-corrected chi connectivity index (χ0v) is 17.9. The fraction of sp³-hybridized carbons (Fsp3) is 0.231. The van der Waals surface area contributed by atoms with Crippen molar-refractivity contribution in [2.45, 2.75) is 20.0 Å². The van der Waals surface area contributed by atoms with Crippen LogP contribution in [0.3, 0.4) is 0 Å². The van der Waals surface area contributed by atoms with Crippen molar-refractivity contribution in [1.82, 2.24) is 14.5 Å². The first-order valence-electron chi connectivity index (χ1n) is 10.2. The first kappa shape index (κ1) is 19.9. The standard InChI is InChI=1S/C26H26N4/c1-18(2)26(29(3)4)30-23-13-9-8-12-22(23)25(24(30)15-27)21-14-20(16-28-17-21)19-10-6-5-7-11-19/h5-14,16-18,26H,1-4H3. The Hall–Kier alpha value is -3.42. The molecule has 0 N–H and O–H groups in total. The van der Waals surface area contributed by atoms with E-state index in [-0.39, 0.29) is 6.17 Å². The number of hydrogen-bond donors (Lipinski definition) is 0. The summed E-state index contributed by atoms with van der Waals surface area (Å²) in [7, 11) is 4.13. The van der Waals surface area contributed by atoms with Crippen molar-refractivity contribution in [2.75, 3.05) is 14.1 Å². The maximum absolute atomic E-state index is 10.3. The number of fused-ring (bicyclic) bond motifs is 1. The van der Waals surface area contributed by atoms with E-state index in [0.29, 0.717) is 11.6 Å². The molecule has 0 saturated carbocycles. The van der Waals surface area contributed by atoms with Gasteiger partial charge in [-0.1, -0.05) is 62.4 Å². The van der Waals surface area contributed by atoms with Crippen LogP contribution in [0.1, 0.15) is 25.7 Å². The molecule has 2 aromatic carbocycles. The number of rotatable bonds is 5. The molecule has 0 spiro atoms. The molecule has 150 valence electrons. The number of benzene rings is 2. The van der Waals surface area contributed by atoms with Crippen LogP contribution in [-0.4, -0.2) is 28.5 Å². The van der Waals surface area contributed by atoms with Gasteiger partial charge in [0.1, 0.15) is 11.8 Å². The van der Waals surface area contributed by atoms with Crippen LogP contribution in [0.2, 0.25) is 0 Å². The van der Waals surface area contributed by atoms with Gasteiger partial charge in [-0.3, -0.25) is 9.88 Å². The largest absolute Gasteiger partial charge is 0.315 e. The van der Waals surface area contributed by atoms with Crippen molar-refractivity contribution in [3.63, 3.8) is 0 Å². The van der Waals surface area contributed by atoms with E-state index in [9.17, 15) is 5.26 Å². The summed E-state index contributed by atoms with van der Waals surface area (Å²) in [6.07, 6.45) is 3.81. The fourth-order valence-electron chi connectivity index (χ4n) is 4.43. The molecule has 0 aliphatic rings. The van der Waals surface area contributed by atoms with Crippen molar-refractivity contribution >= 4 is 10.9 Å². The molecule has 1 atom stereocenters. The minimum Gasteiger partial charge on any atom is -0.315 e. The van der Waals surface area contributed by atoms with Gasteiger partial charge >= 0.3 is 0 Å². The van der Waals surface area contributed by atoms with E-state index in [1.165, 1.54) is 0 Å². The van der Waals surface area contributed by atoms with E-state index >= 15 is 0 Å². The van der Waals surface area contributed by atoms with Gasteiger partial charge in [0.2, 0.25) is 0 Å². The Morgan fingerprint density at radius 1 is 0.900 bits per heavy atom. The lowest BCUT2D eigenvalue weighted by Crippen LogP contribution is -2.30. The van der Waals surface area contributed by atoms with Gasteiger partial charge in [-0.2, -0.15) is 5.26 Å². The highest BCUT2D eigenvalue weighted by molar-refractivity contribution is 5.99. The lowest BCUT2D eigenvalue weighted by molar-refractivity contribution is 0.163. The van der Waals surface area contributed by atoms with Crippen LogP contribution in [0, 0.1) is 17.2 Å². The first-order valence-corrected chi connectivity index (χ1v) is 10.2. The Labute approximate surface area is 178 Å². The van der Waals surface area contributed by atoms with Crippen molar-refractivity contribution < 1.29 is 0 Å². The summed E-state index contributed by atoms with van der Waals surface area (Å²) in [5.41, 5.74) is 5.82. The minimum atomic E-state index is 0.0727. The number of pyridine rings is 1. The van der Waals surface area contributed by atoms with E-state index in [1.54, 1.807) is 0 Å². The zero-order valence-electron chi connectivity index (χ0n) is 17.9. The Morgan fingerprint density at radius 2 is 1.57 bits per heavy atom. The second-order valence-electron chi connectivity index (χ2n) is 8.17. The third-order valence-electron chi connectivity index (χ3n) is 5.54. The molecule has 0 amide bonds. The average Bonchev–Trinajstić information content (AvgIpc) is 3.08. The number of para-hydroxylation sites is 1. The predicted octanol–water partition coefficient (Wildman–Crippen LogP) is 5.96. The van der Waals surface area contributed by atoms with E-state index in [0.717, 1.165) is 33.2 Å². The maximum Gasteiger partial charge on any atom is 0.130 e. The molecule has 0 aliphatic heterocycles. The molecular formula is C26H26N4. The molecule has 0 saturated heterocycles. The Balaban J connectivity index is 2.01. The highest BCUT2D eigenvalue weighted by Crippen LogP contribution is 2.39. The van der Waals surface area contributed by atoms with Crippen molar-refractivity contribution in [3.05, 3.63) is 78.8 Å². The molecule has 1 unspecified atom stereocenters. The molecule has 2 heterocycles. The SMILES string of the molecule is CC(C)C(N(C)C)n1c(C#N)c(-c2cncc(-c3ccccc3)c2)c2ccccc21. The summed E-state index contributed by atoms with van der Waals surface area (Å²) >= 11 is 0. The Morgan fingerprint density at radius 3 is 2.23 bits per heavy atom. The van der Waals surface area contributed by atoms with Crippen molar-refractivity contribution in [1.29, 1.82) is 5.26 Å². The van der Waals surface area contributed by atoms with Gasteiger partial charge in [0.05, 0.1) is 11.7 Å². The summed E-state index contributed by atoms with van der Waals surface area (Å²) < 4.78 is 2.19. The maximum atomic E-state index is 10.3. The average molecular weight is 395 g/mol. The van der Waals surface area contributed by atoms with E-state index in [1.807, 2.05) is 42.7 Å². The predicted molar refractivity (Wildman–Crippen MR) is 123 cm³/mol. The van der Waals surface area contributed by atoms with E-state index in [2.05, 4.69) is 78.8 Å². The third-order valence-corrected chi connectivity index (χ3v) is 5.54. The normalized spacial score (nSPS) is 12.4. The molecule has 30 heavy (non-hydrogen) atoms. The summed E-state index contributed by atoms with van der Waals surface area (Å²) in [5, 5.41) is 11.3. The van der Waals surface area contributed by atoms with Gasteiger partial charge < -0.3 is 4.57 Å². The van der Waals surface area contributed by atoms with Crippen LogP contribution in [0.25, 0.3) is 33.2 Å². The number of hydrogen-bond acceptors (Lipinski definition) is 3. The molecule has 4 aromatic rings. The monoisotopic (exact) mass is 394 g/mol. The summed E-state index contributed by atoms with van der Waals surface area (Å²) in [6.45, 7) is 4.38. The topological polar surface area (TPSA) is 44.9 Å². The molecule has 2 aromatic heterocycles. The molecule has 4 heteroatoms. The second-order valence-corrected chi connectivity index (χ2v) is 8.17. The van der Waals surface area contributed by atoms with Crippen LogP contribution < -0.4 is 0 Å². The number of aromatic nitrogens is 2. The second kappa shape index (κ2) is 8.14. The summed E-state index contributed by atoms with van der Waals surface area (Å²) in [6, 6.07) is 23.1. The summed E-state index contributed by atoms with van der Waals surface area (Å²) in [5.74, 6) is 0.338. The van der Waals surface area contributed by atoms with Crippen LogP contribution in [0.4, 0.5) is 0 Å².